The second-order valence-corrected chi connectivity index (χ2v) is 8.54. The number of benzene rings is 1. The Hall–Kier alpha value is -3.72. The fourth-order valence-corrected chi connectivity index (χ4v) is 4.15. The Morgan fingerprint density at radius 2 is 2.03 bits per heavy atom. The van der Waals surface area contributed by atoms with E-state index in [1.807, 2.05) is 42.7 Å². The van der Waals surface area contributed by atoms with E-state index < -0.39 is 6.10 Å². The van der Waals surface area contributed by atoms with Crippen molar-refractivity contribution in [3.63, 3.8) is 0 Å². The molecule has 0 saturated heterocycles. The molecular formula is C24H26N6O3. The van der Waals surface area contributed by atoms with E-state index in [2.05, 4.69) is 20.4 Å². The first-order valence-corrected chi connectivity index (χ1v) is 11.0. The lowest BCUT2D eigenvalue weighted by Gasteiger charge is -2.20. The van der Waals surface area contributed by atoms with Crippen molar-refractivity contribution >= 4 is 22.9 Å². The summed E-state index contributed by atoms with van der Waals surface area (Å²) in [4.78, 5) is 22.5. The molecule has 1 aliphatic heterocycles. The van der Waals surface area contributed by atoms with Crippen molar-refractivity contribution in [1.29, 1.82) is 0 Å². The lowest BCUT2D eigenvalue weighted by molar-refractivity contribution is 0.0719. The first kappa shape index (κ1) is 21.1. The SMILES string of the molecule is Cc1cc2cc(n1)-c1cnn(C)c1OC[C@@H](C)[C@@H](O)CCn1c(nc3ccccc31)NC2=O. The molecule has 9 heteroatoms. The number of nitrogens with zero attached hydrogens (tertiary/aromatic N) is 5. The Kier molecular flexibility index (Phi) is 5.33. The summed E-state index contributed by atoms with van der Waals surface area (Å²) in [5, 5.41) is 18.1. The minimum absolute atomic E-state index is 0.119. The maximum absolute atomic E-state index is 13.2. The largest absolute Gasteiger partial charge is 0.477 e. The molecule has 2 N–H and O–H groups in total. The van der Waals surface area contributed by atoms with Gasteiger partial charge in [0, 0.05) is 30.8 Å². The third-order valence-electron chi connectivity index (χ3n) is 6.04. The van der Waals surface area contributed by atoms with E-state index in [-0.39, 0.29) is 11.8 Å². The number of para-hydroxylation sites is 2. The summed E-state index contributed by atoms with van der Waals surface area (Å²) in [7, 11) is 1.79. The van der Waals surface area contributed by atoms with Crippen LogP contribution in [0.1, 0.15) is 29.4 Å². The molecule has 3 aromatic heterocycles. The molecule has 4 heterocycles. The van der Waals surface area contributed by atoms with Crippen LogP contribution in [-0.2, 0) is 13.6 Å². The number of rotatable bonds is 0. The average Bonchev–Trinajstić information content (AvgIpc) is 3.34. The van der Waals surface area contributed by atoms with Gasteiger partial charge in [-0.1, -0.05) is 19.1 Å². The number of ether oxygens (including phenoxy) is 1. The van der Waals surface area contributed by atoms with Gasteiger partial charge in [-0.25, -0.2) is 9.67 Å². The van der Waals surface area contributed by atoms with Gasteiger partial charge in [0.05, 0.1) is 41.2 Å². The third kappa shape index (κ3) is 3.95. The predicted molar refractivity (Wildman–Crippen MR) is 124 cm³/mol. The van der Waals surface area contributed by atoms with Crippen molar-refractivity contribution in [2.75, 3.05) is 11.9 Å². The van der Waals surface area contributed by atoms with E-state index in [1.165, 1.54) is 0 Å². The molecule has 2 bridgehead atoms. The molecule has 0 fully saturated rings. The number of pyridine rings is 1. The van der Waals surface area contributed by atoms with Crippen molar-refractivity contribution in [1.82, 2.24) is 24.3 Å². The minimum Gasteiger partial charge on any atom is -0.477 e. The molecule has 1 aromatic carbocycles. The Balaban J connectivity index is 1.63. The Morgan fingerprint density at radius 1 is 1.21 bits per heavy atom. The maximum atomic E-state index is 13.2. The smallest absolute Gasteiger partial charge is 0.258 e. The van der Waals surface area contributed by atoms with Gasteiger partial charge in [0.15, 0.2) is 0 Å². The highest BCUT2D eigenvalue weighted by Crippen LogP contribution is 2.30. The van der Waals surface area contributed by atoms with E-state index in [0.29, 0.717) is 53.9 Å². The molecule has 170 valence electrons. The van der Waals surface area contributed by atoms with Gasteiger partial charge >= 0.3 is 0 Å². The first-order valence-electron chi connectivity index (χ1n) is 11.0. The number of anilines is 1. The summed E-state index contributed by atoms with van der Waals surface area (Å²) in [6.07, 6.45) is 1.57. The molecule has 33 heavy (non-hydrogen) atoms. The van der Waals surface area contributed by atoms with Gasteiger partial charge < -0.3 is 14.4 Å². The summed E-state index contributed by atoms with van der Waals surface area (Å²) in [6, 6.07) is 11.2. The molecule has 0 spiro atoms. The molecule has 0 aliphatic carbocycles. The fourth-order valence-electron chi connectivity index (χ4n) is 4.15. The lowest BCUT2D eigenvalue weighted by Crippen LogP contribution is -2.26. The van der Waals surface area contributed by atoms with Crippen LogP contribution in [0.2, 0.25) is 0 Å². The summed E-state index contributed by atoms with van der Waals surface area (Å²) < 4.78 is 9.67. The zero-order chi connectivity index (χ0) is 23.1. The van der Waals surface area contributed by atoms with Crippen LogP contribution in [0, 0.1) is 12.8 Å². The predicted octanol–water partition coefficient (Wildman–Crippen LogP) is 3.17. The number of fused-ring (bicyclic) bond motifs is 7. The van der Waals surface area contributed by atoms with Crippen molar-refractivity contribution < 1.29 is 14.6 Å². The van der Waals surface area contributed by atoms with E-state index in [0.717, 1.165) is 11.0 Å². The molecule has 0 unspecified atom stereocenters. The number of carbonyl (C=O) groups is 1. The van der Waals surface area contributed by atoms with Gasteiger partial charge in [0.25, 0.3) is 5.91 Å². The van der Waals surface area contributed by atoms with Crippen molar-refractivity contribution in [2.24, 2.45) is 13.0 Å². The molecule has 5 rings (SSSR count). The standard InChI is InChI=1S/C24H26N6O3/c1-14-13-33-23-17(12-25-29(23)3)19-11-16(10-15(2)26-19)22(32)28-24-27-18-6-4-5-7-20(18)30(24)9-8-21(14)31/h4-7,10-12,14,21,31H,8-9,13H2,1-3H3,(H,27,28,32)/t14-,21+/m1/s1. The Morgan fingerprint density at radius 3 is 2.88 bits per heavy atom. The third-order valence-corrected chi connectivity index (χ3v) is 6.04. The molecular weight excluding hydrogens is 420 g/mol. The van der Waals surface area contributed by atoms with Crippen LogP contribution in [0.25, 0.3) is 22.3 Å². The topological polar surface area (TPSA) is 107 Å². The number of hydrogen-bond donors (Lipinski definition) is 2. The quantitative estimate of drug-likeness (QED) is 0.430. The Labute approximate surface area is 191 Å². The molecule has 4 aromatic rings. The van der Waals surface area contributed by atoms with Crippen LogP contribution in [0.3, 0.4) is 0 Å². The molecule has 0 saturated carbocycles. The highest BCUT2D eigenvalue weighted by atomic mass is 16.5. The van der Waals surface area contributed by atoms with Gasteiger partial charge in [-0.15, -0.1) is 0 Å². The molecule has 0 radical (unpaired) electrons. The number of carbonyl (C=O) groups excluding carboxylic acids is 1. The van der Waals surface area contributed by atoms with Crippen molar-refractivity contribution in [3.05, 3.63) is 53.9 Å². The molecule has 1 aliphatic rings. The van der Waals surface area contributed by atoms with Gasteiger partial charge in [0.2, 0.25) is 11.8 Å². The van der Waals surface area contributed by atoms with Gasteiger partial charge in [-0.05, 0) is 37.6 Å². The number of nitrogens with one attached hydrogen (secondary N) is 1. The number of imidazole rings is 1. The van der Waals surface area contributed by atoms with E-state index >= 15 is 0 Å². The highest BCUT2D eigenvalue weighted by Gasteiger charge is 2.22. The summed E-state index contributed by atoms with van der Waals surface area (Å²) in [5.41, 5.74) is 4.15. The monoisotopic (exact) mass is 446 g/mol. The van der Waals surface area contributed by atoms with Crippen LogP contribution in [0.15, 0.2) is 42.6 Å². The summed E-state index contributed by atoms with van der Waals surface area (Å²) >= 11 is 0. The first-order chi connectivity index (χ1) is 15.9. The average molecular weight is 447 g/mol. The van der Waals surface area contributed by atoms with Gasteiger partial charge in [-0.2, -0.15) is 5.10 Å². The second kappa shape index (κ2) is 8.32. The number of aliphatic hydroxyl groups is 1. The Bertz CT molecular complexity index is 1340. The second-order valence-electron chi connectivity index (χ2n) is 8.54. The summed E-state index contributed by atoms with van der Waals surface area (Å²) in [5.74, 6) is 0.595. The van der Waals surface area contributed by atoms with E-state index in [4.69, 9.17) is 4.74 Å². The van der Waals surface area contributed by atoms with E-state index in [1.54, 1.807) is 30.1 Å². The van der Waals surface area contributed by atoms with Gasteiger partial charge in [0.1, 0.15) is 0 Å². The van der Waals surface area contributed by atoms with Gasteiger partial charge in [-0.3, -0.25) is 15.1 Å². The molecule has 9 nitrogen and oxygen atoms in total. The normalized spacial score (nSPS) is 19.1. The zero-order valence-electron chi connectivity index (χ0n) is 18.8. The number of amides is 1. The highest BCUT2D eigenvalue weighted by molar-refractivity contribution is 6.04. The van der Waals surface area contributed by atoms with Crippen LogP contribution < -0.4 is 10.1 Å². The van der Waals surface area contributed by atoms with Crippen molar-refractivity contribution in [2.45, 2.75) is 32.9 Å². The number of hydrogen-bond acceptors (Lipinski definition) is 6. The number of aryl methyl sites for hydroxylation is 3. The zero-order valence-corrected chi connectivity index (χ0v) is 18.8. The number of aromatic nitrogens is 5. The van der Waals surface area contributed by atoms with Crippen LogP contribution in [-0.4, -0.2) is 48.0 Å². The van der Waals surface area contributed by atoms with Crippen LogP contribution in [0.4, 0.5) is 5.95 Å². The van der Waals surface area contributed by atoms with Crippen LogP contribution >= 0.6 is 0 Å². The number of aliphatic hydroxyl groups excluding tert-OH is 1. The lowest BCUT2D eigenvalue weighted by atomic mass is 10.0. The van der Waals surface area contributed by atoms with E-state index in [9.17, 15) is 9.90 Å². The minimum atomic E-state index is -0.599. The molecule has 2 atom stereocenters. The molecule has 1 amide bonds. The fraction of sp³-hybridized carbons (Fsp3) is 0.333. The van der Waals surface area contributed by atoms with Crippen LogP contribution in [0.5, 0.6) is 5.88 Å². The van der Waals surface area contributed by atoms with Crippen molar-refractivity contribution in [3.8, 4) is 17.1 Å². The maximum Gasteiger partial charge on any atom is 0.258 e. The summed E-state index contributed by atoms with van der Waals surface area (Å²) in [6.45, 7) is 4.62.